The molecular weight excluding hydrogens is 348 g/mol. The zero-order chi connectivity index (χ0) is 20.1. The topological polar surface area (TPSA) is 50.7 Å². The third kappa shape index (κ3) is 5.32. The first kappa shape index (κ1) is 19.9. The number of nitrogens with one attached hydrogen (secondary N) is 1. The smallest absolute Gasteiger partial charge is 0.271 e. The van der Waals surface area contributed by atoms with Crippen LogP contribution in [0.15, 0.2) is 65.3 Å². The Hall–Kier alpha value is -2.88. The van der Waals surface area contributed by atoms with E-state index in [0.29, 0.717) is 12.2 Å². The van der Waals surface area contributed by atoms with E-state index in [-0.39, 0.29) is 11.3 Å². The summed E-state index contributed by atoms with van der Waals surface area (Å²) in [5.41, 5.74) is 7.86. The molecule has 0 fully saturated rings. The molecule has 3 rings (SSSR count). The van der Waals surface area contributed by atoms with E-state index in [1.807, 2.05) is 30.3 Å². The molecule has 4 heteroatoms. The molecule has 0 saturated carbocycles. The van der Waals surface area contributed by atoms with Crippen molar-refractivity contribution in [2.24, 2.45) is 5.10 Å². The average molecular weight is 377 g/mol. The predicted octanol–water partition coefficient (Wildman–Crippen LogP) is 5.39. The minimum absolute atomic E-state index is 0.132. The number of rotatable bonds is 5. The van der Waals surface area contributed by atoms with Gasteiger partial charge in [0.1, 0.15) is 12.4 Å². The fourth-order valence-corrected chi connectivity index (χ4v) is 3.00. The molecule has 0 heterocycles. The van der Waals surface area contributed by atoms with E-state index in [9.17, 15) is 4.79 Å². The SMILES string of the molecule is CC1=C/C(=N\NC(=O)c2ccc(COc3ccc(C(C)(C)C)cc3)cc2)CC1. The number of hydrogen-bond donors (Lipinski definition) is 1. The third-order valence-corrected chi connectivity index (χ3v) is 4.83. The highest BCUT2D eigenvalue weighted by Gasteiger charge is 2.13. The lowest BCUT2D eigenvalue weighted by Gasteiger charge is -2.19. The normalized spacial score (nSPS) is 15.4. The van der Waals surface area contributed by atoms with Gasteiger partial charge < -0.3 is 4.74 Å². The molecule has 0 aromatic heterocycles. The van der Waals surface area contributed by atoms with Crippen LogP contribution in [-0.2, 0) is 12.0 Å². The van der Waals surface area contributed by atoms with E-state index in [0.717, 1.165) is 29.9 Å². The maximum absolute atomic E-state index is 12.2. The number of benzene rings is 2. The van der Waals surface area contributed by atoms with Crippen molar-refractivity contribution in [1.29, 1.82) is 0 Å². The molecule has 2 aromatic rings. The monoisotopic (exact) mass is 376 g/mol. The molecule has 146 valence electrons. The summed E-state index contributed by atoms with van der Waals surface area (Å²) in [4.78, 5) is 12.2. The Morgan fingerprint density at radius 3 is 2.29 bits per heavy atom. The Balaban J connectivity index is 1.53. The van der Waals surface area contributed by atoms with E-state index in [1.165, 1.54) is 11.1 Å². The molecule has 0 spiro atoms. The van der Waals surface area contributed by atoms with Gasteiger partial charge in [-0.15, -0.1) is 0 Å². The highest BCUT2D eigenvalue weighted by Crippen LogP contribution is 2.24. The first-order valence-corrected chi connectivity index (χ1v) is 9.67. The van der Waals surface area contributed by atoms with Gasteiger partial charge in [0.15, 0.2) is 0 Å². The Morgan fingerprint density at radius 1 is 1.04 bits per heavy atom. The number of nitrogens with zero attached hydrogens (tertiary/aromatic N) is 1. The zero-order valence-corrected chi connectivity index (χ0v) is 17.1. The van der Waals surface area contributed by atoms with Gasteiger partial charge in [-0.25, -0.2) is 5.43 Å². The largest absolute Gasteiger partial charge is 0.489 e. The Labute approximate surface area is 167 Å². The maximum Gasteiger partial charge on any atom is 0.271 e. The van der Waals surface area contributed by atoms with Crippen LogP contribution in [0.5, 0.6) is 5.75 Å². The van der Waals surface area contributed by atoms with E-state index < -0.39 is 0 Å². The van der Waals surface area contributed by atoms with Gasteiger partial charge in [-0.05, 0) is 66.6 Å². The van der Waals surface area contributed by atoms with Crippen LogP contribution in [0.4, 0.5) is 0 Å². The van der Waals surface area contributed by atoms with Crippen LogP contribution in [0.3, 0.4) is 0 Å². The minimum Gasteiger partial charge on any atom is -0.489 e. The Kier molecular flexibility index (Phi) is 5.98. The van der Waals surface area contributed by atoms with Gasteiger partial charge in [0, 0.05) is 5.56 Å². The Bertz CT molecular complexity index is 886. The summed E-state index contributed by atoms with van der Waals surface area (Å²) in [6, 6.07) is 15.6. The molecule has 1 aliphatic rings. The lowest BCUT2D eigenvalue weighted by Crippen LogP contribution is -2.18. The first-order valence-electron chi connectivity index (χ1n) is 9.67. The molecule has 1 amide bonds. The molecule has 0 bridgehead atoms. The van der Waals surface area contributed by atoms with Crippen molar-refractivity contribution in [3.8, 4) is 5.75 Å². The van der Waals surface area contributed by atoms with Crippen LogP contribution in [0.2, 0.25) is 0 Å². The standard InChI is InChI=1S/C24H28N2O2/c1-17-5-12-21(15-17)25-26-23(27)19-8-6-18(7-9-19)16-28-22-13-10-20(11-14-22)24(2,3)4/h6-11,13-15H,5,12,16H2,1-4H3,(H,26,27)/b25-21-. The van der Waals surface area contributed by atoms with Gasteiger partial charge in [0.05, 0.1) is 5.71 Å². The summed E-state index contributed by atoms with van der Waals surface area (Å²) in [5.74, 6) is 0.640. The fraction of sp³-hybridized carbons (Fsp3) is 0.333. The van der Waals surface area contributed by atoms with E-state index in [2.05, 4.69) is 50.4 Å². The van der Waals surface area contributed by atoms with Gasteiger partial charge in [0.25, 0.3) is 5.91 Å². The predicted molar refractivity (Wildman–Crippen MR) is 114 cm³/mol. The number of amides is 1. The second-order valence-corrected chi connectivity index (χ2v) is 8.29. The van der Waals surface area contributed by atoms with Crippen molar-refractivity contribution >= 4 is 11.6 Å². The molecule has 1 N–H and O–H groups in total. The maximum atomic E-state index is 12.2. The third-order valence-electron chi connectivity index (χ3n) is 4.83. The van der Waals surface area contributed by atoms with Crippen molar-refractivity contribution in [3.63, 3.8) is 0 Å². The summed E-state index contributed by atoms with van der Waals surface area (Å²) in [6.45, 7) is 9.11. The second-order valence-electron chi connectivity index (χ2n) is 8.29. The summed E-state index contributed by atoms with van der Waals surface area (Å²) in [6.07, 6.45) is 3.93. The van der Waals surface area contributed by atoms with Gasteiger partial charge in [-0.3, -0.25) is 4.79 Å². The van der Waals surface area contributed by atoms with Crippen molar-refractivity contribution in [2.75, 3.05) is 0 Å². The van der Waals surface area contributed by atoms with Gasteiger partial charge in [-0.1, -0.05) is 50.6 Å². The molecule has 0 aliphatic heterocycles. The van der Waals surface area contributed by atoms with Crippen LogP contribution in [0.25, 0.3) is 0 Å². The highest BCUT2D eigenvalue weighted by molar-refractivity contribution is 6.00. The summed E-state index contributed by atoms with van der Waals surface area (Å²) >= 11 is 0. The van der Waals surface area contributed by atoms with Gasteiger partial charge in [0.2, 0.25) is 0 Å². The summed E-state index contributed by atoms with van der Waals surface area (Å²) in [5, 5.41) is 4.19. The molecule has 0 radical (unpaired) electrons. The van der Waals surface area contributed by atoms with Crippen molar-refractivity contribution in [2.45, 2.75) is 52.6 Å². The molecule has 0 unspecified atom stereocenters. The molecule has 2 aromatic carbocycles. The molecule has 0 saturated heterocycles. The Morgan fingerprint density at radius 2 is 1.71 bits per heavy atom. The van der Waals surface area contributed by atoms with E-state index >= 15 is 0 Å². The number of hydrazone groups is 1. The van der Waals surface area contributed by atoms with Crippen molar-refractivity contribution in [3.05, 3.63) is 76.9 Å². The van der Waals surface area contributed by atoms with E-state index in [1.54, 1.807) is 12.1 Å². The number of ether oxygens (including phenoxy) is 1. The van der Waals surface area contributed by atoms with Gasteiger partial charge in [-0.2, -0.15) is 5.10 Å². The van der Waals surface area contributed by atoms with Crippen LogP contribution in [-0.4, -0.2) is 11.6 Å². The lowest BCUT2D eigenvalue weighted by atomic mass is 9.87. The molecule has 0 atom stereocenters. The lowest BCUT2D eigenvalue weighted by molar-refractivity contribution is 0.0954. The average Bonchev–Trinajstić information content (AvgIpc) is 3.10. The second kappa shape index (κ2) is 8.42. The first-order chi connectivity index (χ1) is 13.3. The van der Waals surface area contributed by atoms with Gasteiger partial charge >= 0.3 is 0 Å². The van der Waals surface area contributed by atoms with E-state index in [4.69, 9.17) is 4.74 Å². The fourth-order valence-electron chi connectivity index (χ4n) is 3.00. The van der Waals surface area contributed by atoms with Crippen molar-refractivity contribution < 1.29 is 9.53 Å². The zero-order valence-electron chi connectivity index (χ0n) is 17.1. The van der Waals surface area contributed by atoms with Crippen LogP contribution < -0.4 is 10.2 Å². The van der Waals surface area contributed by atoms with Crippen LogP contribution in [0.1, 0.15) is 62.0 Å². The summed E-state index contributed by atoms with van der Waals surface area (Å²) < 4.78 is 5.86. The summed E-state index contributed by atoms with van der Waals surface area (Å²) in [7, 11) is 0. The number of allylic oxidation sites excluding steroid dienone is 2. The van der Waals surface area contributed by atoms with Crippen molar-refractivity contribution in [1.82, 2.24) is 5.43 Å². The molecule has 4 nitrogen and oxygen atoms in total. The van der Waals surface area contributed by atoms with Crippen LogP contribution >= 0.6 is 0 Å². The quantitative estimate of drug-likeness (QED) is 0.711. The number of hydrogen-bond acceptors (Lipinski definition) is 3. The molecule has 28 heavy (non-hydrogen) atoms. The molecule has 1 aliphatic carbocycles. The molecular formula is C24H28N2O2. The minimum atomic E-state index is -0.198. The number of carbonyl (C=O) groups is 1. The highest BCUT2D eigenvalue weighted by atomic mass is 16.5. The number of carbonyl (C=O) groups excluding carboxylic acids is 1. The van der Waals surface area contributed by atoms with Crippen LogP contribution in [0, 0.1) is 0 Å².